The number of nitrogens with one attached hydrogen (secondary N) is 1. The second-order valence-corrected chi connectivity index (χ2v) is 4.85. The van der Waals surface area contributed by atoms with Crippen LogP contribution in [0.2, 0.25) is 0 Å². The Balaban J connectivity index is 2.05. The summed E-state index contributed by atoms with van der Waals surface area (Å²) in [6.45, 7) is 0.260. The molecule has 1 unspecified atom stereocenters. The van der Waals surface area contributed by atoms with E-state index in [0.29, 0.717) is 0 Å². The van der Waals surface area contributed by atoms with Gasteiger partial charge in [-0.25, -0.2) is 0 Å². The Bertz CT molecular complexity index is 656. The number of carbonyl (C=O) groups excluding carboxylic acids is 1. The zero-order chi connectivity index (χ0) is 16.5. The largest absolute Gasteiger partial charge is 0.391 e. The molecule has 2 rings (SSSR count). The summed E-state index contributed by atoms with van der Waals surface area (Å²) in [5.74, 6) is -0.201. The minimum atomic E-state index is -0.669. The highest BCUT2D eigenvalue weighted by Gasteiger charge is 2.21. The van der Waals surface area contributed by atoms with Gasteiger partial charge in [0, 0.05) is 14.2 Å². The molecular formula is C18H20N2O3. The van der Waals surface area contributed by atoms with Crippen LogP contribution in [0.1, 0.15) is 22.8 Å². The average molecular weight is 312 g/mol. The Hall–Kier alpha value is -2.66. The predicted molar refractivity (Wildman–Crippen MR) is 89.1 cm³/mol. The molecule has 0 fully saturated rings. The normalized spacial score (nSPS) is 12.1. The molecule has 1 atom stereocenters. The number of nitrogens with zero attached hydrogens (tertiary/aromatic N) is 1. The van der Waals surface area contributed by atoms with Crippen LogP contribution in [0.4, 0.5) is 0 Å². The predicted octanol–water partition coefficient (Wildman–Crippen LogP) is 2.67. The minimum Gasteiger partial charge on any atom is -0.391 e. The van der Waals surface area contributed by atoms with Crippen molar-refractivity contribution in [3.05, 3.63) is 71.3 Å². The van der Waals surface area contributed by atoms with Gasteiger partial charge in [0.15, 0.2) is 6.10 Å². The summed E-state index contributed by atoms with van der Waals surface area (Å²) in [7, 11) is 3.09. The Kier molecular flexibility index (Phi) is 6.32. The van der Waals surface area contributed by atoms with Gasteiger partial charge in [0.2, 0.25) is 0 Å². The van der Waals surface area contributed by atoms with Crippen LogP contribution in [0, 0.1) is 0 Å². The summed E-state index contributed by atoms with van der Waals surface area (Å²) in [6, 6.07) is 17.2. The van der Waals surface area contributed by atoms with E-state index in [-0.39, 0.29) is 12.5 Å². The van der Waals surface area contributed by atoms with E-state index < -0.39 is 6.10 Å². The van der Waals surface area contributed by atoms with Gasteiger partial charge in [-0.15, -0.1) is 0 Å². The van der Waals surface area contributed by atoms with E-state index in [4.69, 9.17) is 9.57 Å². The second-order valence-electron chi connectivity index (χ2n) is 4.85. The quantitative estimate of drug-likeness (QED) is 0.631. The van der Waals surface area contributed by atoms with E-state index in [1.54, 1.807) is 13.3 Å². The fourth-order valence-corrected chi connectivity index (χ4v) is 2.17. The molecule has 0 heterocycles. The first-order chi connectivity index (χ1) is 11.3. The van der Waals surface area contributed by atoms with Gasteiger partial charge in [-0.05, 0) is 16.7 Å². The number of ether oxygens (including phenoxy) is 1. The molecule has 0 bridgehead atoms. The monoisotopic (exact) mass is 312 g/mol. The molecule has 2 aromatic rings. The van der Waals surface area contributed by atoms with Crippen LogP contribution in [0.3, 0.4) is 0 Å². The highest BCUT2D eigenvalue weighted by atomic mass is 16.6. The summed E-state index contributed by atoms with van der Waals surface area (Å²) in [4.78, 5) is 17.3. The van der Waals surface area contributed by atoms with Crippen molar-refractivity contribution in [2.75, 3.05) is 14.2 Å². The number of hydrogen-bond acceptors (Lipinski definition) is 4. The van der Waals surface area contributed by atoms with Crippen molar-refractivity contribution in [3.63, 3.8) is 0 Å². The van der Waals surface area contributed by atoms with E-state index in [9.17, 15) is 4.79 Å². The van der Waals surface area contributed by atoms with E-state index >= 15 is 0 Å². The van der Waals surface area contributed by atoms with E-state index in [2.05, 4.69) is 10.5 Å². The number of benzene rings is 2. The third kappa shape index (κ3) is 4.66. The molecule has 0 saturated heterocycles. The fourth-order valence-electron chi connectivity index (χ4n) is 2.17. The van der Waals surface area contributed by atoms with Crippen molar-refractivity contribution >= 4 is 12.1 Å². The average Bonchev–Trinajstić information content (AvgIpc) is 2.61. The number of methoxy groups -OCH3 is 1. The maximum atomic E-state index is 11.9. The standard InChI is InChI=1S/C18H20N2O3/c1-19-18(21)17(22-2)16-11-7-6-10-15(16)13-23-20-12-14-8-4-3-5-9-14/h3-12,17H,13H2,1-2H3,(H,19,21)/b20-12+. The number of amides is 1. The lowest BCUT2D eigenvalue weighted by Gasteiger charge is -2.17. The molecule has 0 spiro atoms. The van der Waals surface area contributed by atoms with Gasteiger partial charge in [0.25, 0.3) is 5.91 Å². The first kappa shape index (κ1) is 16.7. The smallest absolute Gasteiger partial charge is 0.253 e. The Morgan fingerprint density at radius 1 is 1.17 bits per heavy atom. The second kappa shape index (κ2) is 8.70. The van der Waals surface area contributed by atoms with Crippen molar-refractivity contribution in [3.8, 4) is 0 Å². The van der Waals surface area contributed by atoms with Gasteiger partial charge < -0.3 is 14.9 Å². The molecule has 1 N–H and O–H groups in total. The summed E-state index contributed by atoms with van der Waals surface area (Å²) >= 11 is 0. The molecule has 0 saturated carbocycles. The summed E-state index contributed by atoms with van der Waals surface area (Å²) in [5.41, 5.74) is 2.58. The van der Waals surface area contributed by atoms with Crippen LogP contribution in [0.25, 0.3) is 0 Å². The first-order valence-electron chi connectivity index (χ1n) is 7.29. The van der Waals surface area contributed by atoms with Gasteiger partial charge in [-0.3, -0.25) is 4.79 Å². The molecule has 0 aliphatic carbocycles. The van der Waals surface area contributed by atoms with Crippen LogP contribution in [-0.2, 0) is 21.0 Å². The van der Waals surface area contributed by atoms with Gasteiger partial charge in [0.1, 0.15) is 6.61 Å². The van der Waals surface area contributed by atoms with Crippen LogP contribution >= 0.6 is 0 Å². The van der Waals surface area contributed by atoms with Crippen molar-refractivity contribution in [1.29, 1.82) is 0 Å². The lowest BCUT2D eigenvalue weighted by Crippen LogP contribution is -2.27. The highest BCUT2D eigenvalue weighted by molar-refractivity contribution is 5.82. The Morgan fingerprint density at radius 3 is 2.57 bits per heavy atom. The number of hydrogen-bond donors (Lipinski definition) is 1. The minimum absolute atomic E-state index is 0.201. The molecule has 0 aliphatic heterocycles. The fraction of sp³-hybridized carbons (Fsp3) is 0.222. The number of oxime groups is 1. The molecule has 23 heavy (non-hydrogen) atoms. The molecule has 5 nitrogen and oxygen atoms in total. The van der Waals surface area contributed by atoms with Gasteiger partial charge in [0.05, 0.1) is 6.21 Å². The van der Waals surface area contributed by atoms with Crippen LogP contribution < -0.4 is 5.32 Å². The molecule has 0 aromatic heterocycles. The molecule has 2 aromatic carbocycles. The maximum Gasteiger partial charge on any atom is 0.253 e. The number of carbonyl (C=O) groups is 1. The maximum absolute atomic E-state index is 11.9. The zero-order valence-corrected chi connectivity index (χ0v) is 13.2. The number of rotatable bonds is 7. The van der Waals surface area contributed by atoms with Gasteiger partial charge >= 0.3 is 0 Å². The summed E-state index contributed by atoms with van der Waals surface area (Å²) in [6.07, 6.45) is 0.979. The van der Waals surface area contributed by atoms with Crippen molar-refractivity contribution in [2.45, 2.75) is 12.7 Å². The van der Waals surface area contributed by atoms with Gasteiger partial charge in [-0.1, -0.05) is 59.8 Å². The van der Waals surface area contributed by atoms with E-state index in [0.717, 1.165) is 16.7 Å². The number of likely N-dealkylation sites (N-methyl/N-ethyl adjacent to an activating group) is 1. The highest BCUT2D eigenvalue weighted by Crippen LogP contribution is 2.22. The Morgan fingerprint density at radius 2 is 1.87 bits per heavy atom. The van der Waals surface area contributed by atoms with Crippen molar-refractivity contribution in [1.82, 2.24) is 5.32 Å². The van der Waals surface area contributed by atoms with E-state index in [1.807, 2.05) is 54.6 Å². The van der Waals surface area contributed by atoms with Crippen LogP contribution in [-0.4, -0.2) is 26.3 Å². The molecular weight excluding hydrogens is 292 g/mol. The lowest BCUT2D eigenvalue weighted by atomic mass is 10.0. The Labute approximate surface area is 135 Å². The summed E-state index contributed by atoms with van der Waals surface area (Å²) < 4.78 is 5.30. The topological polar surface area (TPSA) is 59.9 Å². The summed E-state index contributed by atoms with van der Waals surface area (Å²) in [5, 5.41) is 6.56. The third-order valence-corrected chi connectivity index (χ3v) is 3.35. The van der Waals surface area contributed by atoms with Crippen molar-refractivity contribution < 1.29 is 14.4 Å². The molecule has 1 amide bonds. The molecule has 0 aliphatic rings. The molecule has 5 heteroatoms. The lowest BCUT2D eigenvalue weighted by molar-refractivity contribution is -0.130. The zero-order valence-electron chi connectivity index (χ0n) is 13.2. The third-order valence-electron chi connectivity index (χ3n) is 3.35. The van der Waals surface area contributed by atoms with E-state index in [1.165, 1.54) is 7.11 Å². The SMILES string of the molecule is CNC(=O)C(OC)c1ccccc1CO/N=C/c1ccccc1. The van der Waals surface area contributed by atoms with Crippen LogP contribution in [0.15, 0.2) is 59.8 Å². The molecule has 120 valence electrons. The van der Waals surface area contributed by atoms with Gasteiger partial charge in [-0.2, -0.15) is 0 Å². The van der Waals surface area contributed by atoms with Crippen molar-refractivity contribution in [2.24, 2.45) is 5.16 Å². The van der Waals surface area contributed by atoms with Crippen LogP contribution in [0.5, 0.6) is 0 Å². The molecule has 0 radical (unpaired) electrons. The first-order valence-corrected chi connectivity index (χ1v) is 7.29.